The lowest BCUT2D eigenvalue weighted by atomic mass is 10.0. The van der Waals surface area contributed by atoms with Crippen molar-refractivity contribution < 1.29 is 143 Å². The number of aromatic hydroxyl groups is 1. The Bertz CT molecular complexity index is 3960. The fourth-order valence-electron chi connectivity index (χ4n) is 8.28. The molecule has 8 aromatic rings. The molecule has 0 bridgehead atoms. The summed E-state index contributed by atoms with van der Waals surface area (Å²) in [7, 11) is 0. The number of carboxylic acid groups (broad SMARTS) is 3. The average molecular weight is 1400 g/mol. The Morgan fingerprint density at radius 2 is 0.643 bits per heavy atom. The Kier molecular flexibility index (Phi) is 28.1. The smallest absolute Gasteiger partial charge is 0.329 e. The molecule has 8 aromatic carbocycles. The summed E-state index contributed by atoms with van der Waals surface area (Å²) in [6.07, 6.45) is -0.886. The molecule has 2 unspecified atom stereocenters. The van der Waals surface area contributed by atoms with Crippen LogP contribution in [0.1, 0.15) is 29.7 Å². The topological polar surface area (TPSA) is 236 Å². The largest absolute Gasteiger partial charge is 0.503 e. The minimum absolute atomic E-state index is 0. The van der Waals surface area contributed by atoms with Crippen LogP contribution in [0.15, 0.2) is 133 Å². The maximum Gasteiger partial charge on any atom is 0.329 e. The highest BCUT2D eigenvalue weighted by Crippen LogP contribution is 2.32. The molecule has 0 saturated carbocycles. The molecule has 33 heteroatoms. The second kappa shape index (κ2) is 35.5. The van der Waals surface area contributed by atoms with Gasteiger partial charge in [0.05, 0.1) is 26.2 Å². The number of nitrogens with zero attached hydrogens (tertiary/aromatic N) is 2. The third-order valence-corrected chi connectivity index (χ3v) is 12.9. The summed E-state index contributed by atoms with van der Waals surface area (Å²) in [5, 5.41) is 35.7. The normalized spacial score (nSPS) is 11.4. The molecule has 0 amide bonds. The van der Waals surface area contributed by atoms with Crippen molar-refractivity contribution in [1.29, 1.82) is 0 Å². The molecule has 8 rings (SSSR count). The molecule has 0 aliphatic rings. The third-order valence-electron chi connectivity index (χ3n) is 12.9. The number of ether oxygens (including phenoxy) is 5. The van der Waals surface area contributed by atoms with Crippen molar-refractivity contribution in [3.8, 4) is 34.5 Å². The Morgan fingerprint density at radius 1 is 0.357 bits per heavy atom. The molecule has 0 fully saturated rings. The van der Waals surface area contributed by atoms with Gasteiger partial charge in [-0.15, -0.1) is 0 Å². The zero-order valence-corrected chi connectivity index (χ0v) is 48.7. The fraction of sp³-hybridized carbons (Fsp3) is 0.169. The number of halogens is 16. The zero-order chi connectivity index (χ0) is 71.5. The molecule has 0 spiro atoms. The first-order chi connectivity index (χ1) is 45.8. The van der Waals surface area contributed by atoms with E-state index < -0.39 is 197 Å². The van der Waals surface area contributed by atoms with E-state index >= 15 is 0 Å². The number of rotatable bonds is 25. The van der Waals surface area contributed by atoms with Crippen LogP contribution in [0.2, 0.25) is 0 Å². The molecule has 0 saturated heterocycles. The predicted molar refractivity (Wildman–Crippen MR) is 306 cm³/mol. The number of carbonyl (C=O) groups excluding carboxylic acids is 3. The van der Waals surface area contributed by atoms with Gasteiger partial charge in [0.25, 0.3) is 0 Å². The second-order valence-corrected chi connectivity index (χ2v) is 19.8. The lowest BCUT2D eigenvalue weighted by Crippen LogP contribution is -2.50. The van der Waals surface area contributed by atoms with Gasteiger partial charge in [0.2, 0.25) is 63.8 Å². The van der Waals surface area contributed by atoms with E-state index in [2.05, 4.69) is 14.2 Å². The Hall–Kier alpha value is -11.2. The fourth-order valence-corrected chi connectivity index (χ4v) is 8.28. The first kappa shape index (κ1) is 77.5. The SMILES string of the molecule is C.O=C(CN(CC(=O)Oc1c(F)c(F)cc(F)c1F)C(Cc1ccc(OCc2ccccc2)cc1)C(=O)Oc1c(F)c(F)cc(F)c1F)Oc1c(F)c(F)cc(F)c1F.O=C(O)CN(CC(=O)O)C(Cc1ccc(OCc2ccccc2)cc1)C(=O)O.Oc1c(F)c(F)cc(F)c1F. The van der Waals surface area contributed by atoms with E-state index in [1.165, 1.54) is 24.3 Å². The number of hydrogen-bond donors (Lipinski definition) is 4. The van der Waals surface area contributed by atoms with Crippen molar-refractivity contribution in [2.45, 2.75) is 45.6 Å². The minimum Gasteiger partial charge on any atom is -0.503 e. The summed E-state index contributed by atoms with van der Waals surface area (Å²) >= 11 is 0. The third kappa shape index (κ3) is 21.4. The molecule has 98 heavy (non-hydrogen) atoms. The van der Waals surface area contributed by atoms with Crippen molar-refractivity contribution in [2.75, 3.05) is 26.2 Å². The van der Waals surface area contributed by atoms with Gasteiger partial charge in [0.1, 0.15) is 36.8 Å². The van der Waals surface area contributed by atoms with Gasteiger partial charge >= 0.3 is 35.8 Å². The highest BCUT2D eigenvalue weighted by atomic mass is 19.2. The van der Waals surface area contributed by atoms with Crippen LogP contribution < -0.4 is 23.7 Å². The van der Waals surface area contributed by atoms with Crippen LogP contribution in [0.4, 0.5) is 70.2 Å². The van der Waals surface area contributed by atoms with E-state index in [4.69, 9.17) is 24.8 Å². The number of esters is 3. The van der Waals surface area contributed by atoms with Gasteiger partial charge in [-0.05, 0) is 59.4 Å². The molecular formula is C65H48F16N2O15. The van der Waals surface area contributed by atoms with Gasteiger partial charge in [-0.1, -0.05) is 92.4 Å². The summed E-state index contributed by atoms with van der Waals surface area (Å²) in [5.41, 5.74) is 2.38. The summed E-state index contributed by atoms with van der Waals surface area (Å²) in [6, 6.07) is 25.8. The Labute approximate surface area is 542 Å². The van der Waals surface area contributed by atoms with Crippen molar-refractivity contribution >= 4 is 35.8 Å². The molecule has 0 heterocycles. The van der Waals surface area contributed by atoms with Crippen LogP contribution in [0.5, 0.6) is 34.5 Å². The molecule has 17 nitrogen and oxygen atoms in total. The van der Waals surface area contributed by atoms with E-state index in [1.807, 2.05) is 30.3 Å². The monoisotopic (exact) mass is 1400 g/mol. The molecule has 0 radical (unpaired) electrons. The van der Waals surface area contributed by atoms with Crippen LogP contribution in [-0.4, -0.2) is 104 Å². The molecule has 520 valence electrons. The number of carbonyl (C=O) groups is 6. The van der Waals surface area contributed by atoms with Crippen LogP contribution in [0, 0.1) is 93.1 Å². The highest BCUT2D eigenvalue weighted by molar-refractivity contribution is 5.83. The number of hydrogen-bond acceptors (Lipinski definition) is 14. The number of benzene rings is 8. The van der Waals surface area contributed by atoms with Gasteiger partial charge in [-0.2, -0.15) is 35.1 Å². The number of phenols is 1. The first-order valence-electron chi connectivity index (χ1n) is 27.1. The standard InChI is InChI=1S/C38H21F12NO7.C20H21NO7.C6H2F4O.CH4/c39-20-11-21(40)30(46)35(29(20)45)56-27(52)14-51(15-28(53)57-36-31(47)22(41)12-23(42)32(36)48)26(38(54)58-37-33(49)24(43)13-25(44)34(37)50)10-17-6-8-19(9-7-17)55-16-18-4-2-1-3-5-18;22-18(23)11-21(12-19(24)25)17(20(26)27)10-14-6-8-16(9-7-14)28-13-15-4-2-1-3-5-15;7-2-1-3(8)5(10)6(11)4(2)9;/h1-9,11-13,26H,10,14-16H2;1-9,17H,10-13H2,(H,22,23)(H,24,25)(H,26,27);1,11H;1H4. The Balaban J connectivity index is 0.000000355. The van der Waals surface area contributed by atoms with Crippen molar-refractivity contribution in [1.82, 2.24) is 9.80 Å². The summed E-state index contributed by atoms with van der Waals surface area (Å²) in [5.74, 6) is -49.2. The second-order valence-electron chi connectivity index (χ2n) is 19.8. The van der Waals surface area contributed by atoms with Crippen LogP contribution in [-0.2, 0) is 54.8 Å². The van der Waals surface area contributed by atoms with Crippen molar-refractivity contribution in [2.24, 2.45) is 0 Å². The molecular weight excluding hydrogens is 1350 g/mol. The Morgan fingerprint density at radius 3 is 0.949 bits per heavy atom. The first-order valence-corrected chi connectivity index (χ1v) is 27.1. The lowest BCUT2D eigenvalue weighted by molar-refractivity contribution is -0.150. The van der Waals surface area contributed by atoms with Gasteiger partial charge in [-0.3, -0.25) is 33.8 Å². The molecule has 0 aliphatic carbocycles. The quantitative estimate of drug-likeness (QED) is 0.0180. The van der Waals surface area contributed by atoms with Gasteiger partial charge in [0.15, 0.2) is 52.3 Å². The number of carboxylic acids is 3. The highest BCUT2D eigenvalue weighted by Gasteiger charge is 2.37. The van der Waals surface area contributed by atoms with Crippen LogP contribution in [0.3, 0.4) is 0 Å². The maximum absolute atomic E-state index is 14.6. The van der Waals surface area contributed by atoms with E-state index in [9.17, 15) is 104 Å². The lowest BCUT2D eigenvalue weighted by Gasteiger charge is -2.29. The van der Waals surface area contributed by atoms with Gasteiger partial charge in [0, 0.05) is 24.3 Å². The maximum atomic E-state index is 14.6. The predicted octanol–water partition coefficient (Wildman–Crippen LogP) is 12.3. The zero-order valence-electron chi connectivity index (χ0n) is 48.7. The van der Waals surface area contributed by atoms with Crippen LogP contribution in [0.25, 0.3) is 0 Å². The molecule has 0 aliphatic heterocycles. The molecule has 0 aromatic heterocycles. The summed E-state index contributed by atoms with van der Waals surface area (Å²) < 4.78 is 243. The number of aliphatic carboxylic acids is 3. The van der Waals surface area contributed by atoms with Gasteiger partial charge < -0.3 is 44.1 Å². The summed E-state index contributed by atoms with van der Waals surface area (Å²) in [4.78, 5) is 74.4. The van der Waals surface area contributed by atoms with Gasteiger partial charge in [-0.25, -0.2) is 39.9 Å². The van der Waals surface area contributed by atoms with E-state index in [1.54, 1.807) is 54.6 Å². The minimum atomic E-state index is -2.35. The summed E-state index contributed by atoms with van der Waals surface area (Å²) in [6.45, 7) is -4.18. The molecule has 4 N–H and O–H groups in total. The number of phenolic OH excluding ortho intramolecular Hbond substituents is 1. The average Bonchev–Trinajstić information content (AvgIpc) is 0.818. The van der Waals surface area contributed by atoms with E-state index in [0.717, 1.165) is 16.0 Å². The van der Waals surface area contributed by atoms with Crippen molar-refractivity contribution in [3.05, 3.63) is 249 Å². The van der Waals surface area contributed by atoms with Crippen LogP contribution >= 0.6 is 0 Å². The van der Waals surface area contributed by atoms with E-state index in [0.29, 0.717) is 17.9 Å². The molecule has 2 atom stereocenters. The van der Waals surface area contributed by atoms with Crippen molar-refractivity contribution in [3.63, 3.8) is 0 Å². The van der Waals surface area contributed by atoms with E-state index in [-0.39, 0.29) is 60.9 Å².